The standard InChI is InChI=1S/C22H37NO5/c1-2-3-4-5-6-7-9-16(24)11-12-17-18-14-20(19(18)15-21(17)25)23-28-13-8-10-22(26)27/h11-12,16-19,21,24-25H,2-10,13-15H2,1H3,(H,26,27)/t16?,17?,18-,19-,21?/m0/s1. The topological polar surface area (TPSA) is 99.4 Å². The molecule has 160 valence electrons. The molecule has 0 bridgehead atoms. The second-order valence-corrected chi connectivity index (χ2v) is 8.28. The summed E-state index contributed by atoms with van der Waals surface area (Å²) in [7, 11) is 0. The van der Waals surface area contributed by atoms with E-state index >= 15 is 0 Å². The Morgan fingerprint density at radius 3 is 2.75 bits per heavy atom. The summed E-state index contributed by atoms with van der Waals surface area (Å²) >= 11 is 0. The van der Waals surface area contributed by atoms with Crippen LogP contribution in [0.2, 0.25) is 0 Å². The number of carbonyl (C=O) groups is 1. The molecule has 0 heterocycles. The Bertz CT molecular complexity index is 533. The van der Waals surface area contributed by atoms with Crippen molar-refractivity contribution in [1.29, 1.82) is 0 Å². The lowest BCUT2D eigenvalue weighted by Gasteiger charge is -2.34. The third-order valence-electron chi connectivity index (χ3n) is 6.04. The number of fused-ring (bicyclic) bond motifs is 1. The molecule has 28 heavy (non-hydrogen) atoms. The average Bonchev–Trinajstić information content (AvgIpc) is 2.89. The third kappa shape index (κ3) is 7.21. The van der Waals surface area contributed by atoms with Gasteiger partial charge in [-0.05, 0) is 31.6 Å². The van der Waals surface area contributed by atoms with Crippen LogP contribution in [-0.2, 0) is 9.63 Å². The summed E-state index contributed by atoms with van der Waals surface area (Å²) in [6.45, 7) is 2.52. The molecule has 2 aliphatic carbocycles. The number of oxime groups is 1. The molecule has 0 saturated heterocycles. The van der Waals surface area contributed by atoms with E-state index < -0.39 is 18.2 Å². The van der Waals surface area contributed by atoms with Crippen molar-refractivity contribution in [2.75, 3.05) is 6.61 Å². The maximum Gasteiger partial charge on any atom is 0.303 e. The third-order valence-corrected chi connectivity index (χ3v) is 6.04. The number of aliphatic carboxylic acids is 1. The molecule has 0 spiro atoms. The fraction of sp³-hybridized carbons (Fsp3) is 0.818. The van der Waals surface area contributed by atoms with Crippen LogP contribution in [0.25, 0.3) is 0 Å². The van der Waals surface area contributed by atoms with Crippen molar-refractivity contribution in [2.45, 2.75) is 89.8 Å². The zero-order chi connectivity index (χ0) is 20.4. The number of unbranched alkanes of at least 4 members (excludes halogenated alkanes) is 5. The summed E-state index contributed by atoms with van der Waals surface area (Å²) in [6.07, 6.45) is 13.2. The molecule has 3 unspecified atom stereocenters. The molecule has 2 rings (SSSR count). The molecule has 0 aromatic carbocycles. The van der Waals surface area contributed by atoms with Gasteiger partial charge in [-0.1, -0.05) is 62.8 Å². The van der Waals surface area contributed by atoms with Crippen LogP contribution in [0.5, 0.6) is 0 Å². The van der Waals surface area contributed by atoms with E-state index in [1.54, 1.807) is 0 Å². The highest BCUT2D eigenvalue weighted by atomic mass is 16.6. The zero-order valence-corrected chi connectivity index (χ0v) is 17.1. The SMILES string of the molecule is CCCCCCCCC(O)C=CC1C(O)C[C@@H]2C(=NOCCCC(=O)O)C[C@@H]12. The fourth-order valence-electron chi connectivity index (χ4n) is 4.32. The summed E-state index contributed by atoms with van der Waals surface area (Å²) in [5.74, 6) is -0.129. The van der Waals surface area contributed by atoms with Gasteiger partial charge >= 0.3 is 5.97 Å². The van der Waals surface area contributed by atoms with E-state index in [0.717, 1.165) is 25.0 Å². The Labute approximate surface area is 168 Å². The smallest absolute Gasteiger partial charge is 0.303 e. The first-order valence-corrected chi connectivity index (χ1v) is 11.0. The maximum absolute atomic E-state index is 10.5. The number of rotatable bonds is 14. The Balaban J connectivity index is 1.66. The lowest BCUT2D eigenvalue weighted by Crippen LogP contribution is -2.36. The highest BCUT2D eigenvalue weighted by molar-refractivity contribution is 5.93. The van der Waals surface area contributed by atoms with E-state index in [1.807, 2.05) is 12.2 Å². The second-order valence-electron chi connectivity index (χ2n) is 8.28. The van der Waals surface area contributed by atoms with Crippen LogP contribution in [0.3, 0.4) is 0 Å². The molecule has 6 heteroatoms. The molecule has 6 nitrogen and oxygen atoms in total. The molecule has 0 aromatic heterocycles. The van der Waals surface area contributed by atoms with Crippen LogP contribution >= 0.6 is 0 Å². The average molecular weight is 396 g/mol. The summed E-state index contributed by atoms with van der Waals surface area (Å²) in [5, 5.41) is 33.3. The number of hydrogen-bond acceptors (Lipinski definition) is 5. The summed E-state index contributed by atoms with van der Waals surface area (Å²) in [4.78, 5) is 15.7. The van der Waals surface area contributed by atoms with E-state index in [1.165, 1.54) is 32.1 Å². The molecule has 2 aliphatic rings. The highest BCUT2D eigenvalue weighted by Crippen LogP contribution is 2.49. The summed E-state index contributed by atoms with van der Waals surface area (Å²) < 4.78 is 0. The number of carboxylic acids is 1. The van der Waals surface area contributed by atoms with E-state index in [4.69, 9.17) is 9.94 Å². The van der Waals surface area contributed by atoms with E-state index in [2.05, 4.69) is 12.1 Å². The summed E-state index contributed by atoms with van der Waals surface area (Å²) in [5.41, 5.74) is 0.975. The van der Waals surface area contributed by atoms with Gasteiger partial charge in [0.15, 0.2) is 0 Å². The van der Waals surface area contributed by atoms with Gasteiger partial charge < -0.3 is 20.2 Å². The van der Waals surface area contributed by atoms with E-state index in [0.29, 0.717) is 25.4 Å². The lowest BCUT2D eigenvalue weighted by molar-refractivity contribution is -0.137. The van der Waals surface area contributed by atoms with E-state index in [-0.39, 0.29) is 18.3 Å². The van der Waals surface area contributed by atoms with Crippen LogP contribution in [-0.4, -0.2) is 45.8 Å². The molecule has 0 amide bonds. The number of carboxylic acid groups (broad SMARTS) is 1. The molecule has 5 atom stereocenters. The van der Waals surface area contributed by atoms with Gasteiger partial charge in [-0.25, -0.2) is 0 Å². The minimum atomic E-state index is -0.827. The monoisotopic (exact) mass is 395 g/mol. The quantitative estimate of drug-likeness (QED) is 0.235. The molecule has 0 radical (unpaired) electrons. The van der Waals surface area contributed by atoms with Crippen molar-refractivity contribution in [2.24, 2.45) is 22.9 Å². The van der Waals surface area contributed by atoms with Gasteiger partial charge in [-0.3, -0.25) is 4.79 Å². The molecular weight excluding hydrogens is 358 g/mol. The molecule has 2 saturated carbocycles. The first-order chi connectivity index (χ1) is 13.5. The van der Waals surface area contributed by atoms with Crippen molar-refractivity contribution in [3.05, 3.63) is 12.2 Å². The van der Waals surface area contributed by atoms with Crippen molar-refractivity contribution in [3.63, 3.8) is 0 Å². The zero-order valence-electron chi connectivity index (χ0n) is 17.1. The van der Waals surface area contributed by atoms with Crippen molar-refractivity contribution in [3.8, 4) is 0 Å². The van der Waals surface area contributed by atoms with Crippen LogP contribution in [0.15, 0.2) is 17.3 Å². The Morgan fingerprint density at radius 2 is 2.00 bits per heavy atom. The molecular formula is C22H37NO5. The van der Waals surface area contributed by atoms with Crippen molar-refractivity contribution in [1.82, 2.24) is 0 Å². The first kappa shape index (κ1) is 22.9. The van der Waals surface area contributed by atoms with Crippen LogP contribution in [0.1, 0.15) is 77.6 Å². The fourth-order valence-corrected chi connectivity index (χ4v) is 4.32. The Hall–Kier alpha value is -1.40. The van der Waals surface area contributed by atoms with Gasteiger partial charge in [0, 0.05) is 18.3 Å². The molecule has 3 N–H and O–H groups in total. The van der Waals surface area contributed by atoms with Crippen molar-refractivity contribution < 1.29 is 25.0 Å². The summed E-state index contributed by atoms with van der Waals surface area (Å²) in [6, 6.07) is 0. The Kier molecular flexibility index (Phi) is 9.99. The maximum atomic E-state index is 10.5. The van der Waals surface area contributed by atoms with Gasteiger partial charge in [0.1, 0.15) is 6.61 Å². The number of hydrogen-bond donors (Lipinski definition) is 3. The van der Waals surface area contributed by atoms with Gasteiger partial charge in [0.25, 0.3) is 0 Å². The second kappa shape index (κ2) is 12.2. The minimum Gasteiger partial charge on any atom is -0.481 e. The highest BCUT2D eigenvalue weighted by Gasteiger charge is 2.51. The van der Waals surface area contributed by atoms with Gasteiger partial charge in [-0.2, -0.15) is 0 Å². The molecule has 0 aliphatic heterocycles. The largest absolute Gasteiger partial charge is 0.481 e. The number of aliphatic hydroxyl groups is 2. The Morgan fingerprint density at radius 1 is 1.25 bits per heavy atom. The number of nitrogens with zero attached hydrogens (tertiary/aromatic N) is 1. The van der Waals surface area contributed by atoms with Gasteiger partial charge in [-0.15, -0.1) is 0 Å². The molecule has 0 aromatic rings. The van der Waals surface area contributed by atoms with E-state index in [9.17, 15) is 15.0 Å². The van der Waals surface area contributed by atoms with Crippen LogP contribution < -0.4 is 0 Å². The van der Waals surface area contributed by atoms with Gasteiger partial charge in [0.05, 0.1) is 17.9 Å². The van der Waals surface area contributed by atoms with Gasteiger partial charge in [0.2, 0.25) is 0 Å². The number of aliphatic hydroxyl groups excluding tert-OH is 2. The predicted molar refractivity (Wildman–Crippen MR) is 109 cm³/mol. The molecule has 2 fully saturated rings. The van der Waals surface area contributed by atoms with Crippen LogP contribution in [0.4, 0.5) is 0 Å². The van der Waals surface area contributed by atoms with Crippen molar-refractivity contribution >= 4 is 11.7 Å². The minimum absolute atomic E-state index is 0.0789. The normalized spacial score (nSPS) is 29.0. The predicted octanol–water partition coefficient (Wildman–Crippen LogP) is 3.91. The first-order valence-electron chi connectivity index (χ1n) is 11.0. The van der Waals surface area contributed by atoms with Crippen LogP contribution in [0, 0.1) is 17.8 Å². The lowest BCUT2D eigenvalue weighted by atomic mass is 9.71.